The Labute approximate surface area is 84.6 Å². The second kappa shape index (κ2) is 5.62. The Kier molecular flexibility index (Phi) is 5.20. The molecule has 0 rings (SSSR count). The first-order valence-electron chi connectivity index (χ1n) is 4.72. The Morgan fingerprint density at radius 2 is 1.86 bits per heavy atom. The molecule has 82 valence electrons. The number of carbonyl (C=O) groups is 2. The van der Waals surface area contributed by atoms with Gasteiger partial charge in [0.05, 0.1) is 6.61 Å². The molecule has 0 aliphatic carbocycles. The lowest BCUT2D eigenvalue weighted by Gasteiger charge is -2.23. The Balaban J connectivity index is 3.86. The normalized spacial score (nSPS) is 10.9. The predicted octanol–water partition coefficient (Wildman–Crippen LogP) is 1.67. The molecule has 0 bridgehead atoms. The molecule has 0 aromatic rings. The molecule has 0 heterocycles. The third-order valence-electron chi connectivity index (χ3n) is 1.66. The van der Waals surface area contributed by atoms with Gasteiger partial charge >= 0.3 is 11.9 Å². The Morgan fingerprint density at radius 3 is 2.29 bits per heavy atom. The van der Waals surface area contributed by atoms with Crippen molar-refractivity contribution in [1.82, 2.24) is 0 Å². The van der Waals surface area contributed by atoms with Crippen LogP contribution in [0.4, 0.5) is 0 Å². The lowest BCUT2D eigenvalue weighted by atomic mass is 10.0. The average molecular weight is 202 g/mol. The van der Waals surface area contributed by atoms with E-state index in [1.54, 1.807) is 20.8 Å². The van der Waals surface area contributed by atoms with Crippen LogP contribution in [-0.4, -0.2) is 24.1 Å². The van der Waals surface area contributed by atoms with Crippen molar-refractivity contribution in [2.45, 2.75) is 46.1 Å². The summed E-state index contributed by atoms with van der Waals surface area (Å²) in [5.41, 5.74) is -0.599. The van der Waals surface area contributed by atoms with Gasteiger partial charge in [-0.15, -0.1) is 0 Å². The van der Waals surface area contributed by atoms with E-state index in [-0.39, 0.29) is 18.4 Å². The minimum Gasteiger partial charge on any atom is -0.466 e. The topological polar surface area (TPSA) is 52.6 Å². The lowest BCUT2D eigenvalue weighted by molar-refractivity contribution is -0.157. The monoisotopic (exact) mass is 202 g/mol. The molecule has 4 heteroatoms. The molecule has 0 saturated heterocycles. The molecule has 0 atom stereocenters. The summed E-state index contributed by atoms with van der Waals surface area (Å²) >= 11 is 0. The van der Waals surface area contributed by atoms with E-state index < -0.39 is 5.60 Å². The first kappa shape index (κ1) is 12.9. The number of rotatable bonds is 5. The highest BCUT2D eigenvalue weighted by Crippen LogP contribution is 2.17. The van der Waals surface area contributed by atoms with Crippen molar-refractivity contribution < 1.29 is 19.1 Å². The van der Waals surface area contributed by atoms with Crippen LogP contribution in [0, 0.1) is 0 Å². The summed E-state index contributed by atoms with van der Waals surface area (Å²) in [5.74, 6) is -0.591. The SMILES string of the molecule is CCOC(=O)CCC(C)(C)OC(C)=O. The molecule has 4 nitrogen and oxygen atoms in total. The van der Waals surface area contributed by atoms with Crippen molar-refractivity contribution in [1.29, 1.82) is 0 Å². The minimum absolute atomic E-state index is 0.257. The van der Waals surface area contributed by atoms with Crippen LogP contribution in [0.1, 0.15) is 40.5 Å². The van der Waals surface area contributed by atoms with Crippen LogP contribution >= 0.6 is 0 Å². The van der Waals surface area contributed by atoms with Gasteiger partial charge in [0.25, 0.3) is 0 Å². The van der Waals surface area contributed by atoms with Crippen LogP contribution in [-0.2, 0) is 19.1 Å². The molecular weight excluding hydrogens is 184 g/mol. The zero-order valence-corrected chi connectivity index (χ0v) is 9.25. The summed E-state index contributed by atoms with van der Waals surface area (Å²) < 4.78 is 9.78. The van der Waals surface area contributed by atoms with Gasteiger partial charge in [-0.25, -0.2) is 0 Å². The fraction of sp³-hybridized carbons (Fsp3) is 0.800. The Hall–Kier alpha value is -1.06. The van der Waals surface area contributed by atoms with E-state index in [2.05, 4.69) is 0 Å². The highest BCUT2D eigenvalue weighted by Gasteiger charge is 2.22. The van der Waals surface area contributed by atoms with E-state index in [0.29, 0.717) is 13.0 Å². The maximum atomic E-state index is 11.0. The van der Waals surface area contributed by atoms with Crippen LogP contribution < -0.4 is 0 Å². The largest absolute Gasteiger partial charge is 0.466 e. The molecular formula is C10H18O4. The van der Waals surface area contributed by atoms with Crippen molar-refractivity contribution in [2.75, 3.05) is 6.61 Å². The molecule has 0 unspecified atom stereocenters. The van der Waals surface area contributed by atoms with Gasteiger partial charge in [-0.1, -0.05) is 0 Å². The first-order chi connectivity index (χ1) is 6.37. The number of hydrogen-bond donors (Lipinski definition) is 0. The predicted molar refractivity (Wildman–Crippen MR) is 51.7 cm³/mol. The van der Waals surface area contributed by atoms with E-state index in [9.17, 15) is 9.59 Å². The summed E-state index contributed by atoms with van der Waals surface area (Å²) in [6.07, 6.45) is 0.750. The molecule has 0 aromatic heterocycles. The molecule has 0 amide bonds. The van der Waals surface area contributed by atoms with E-state index in [0.717, 1.165) is 0 Å². The molecule has 0 spiro atoms. The molecule has 0 radical (unpaired) electrons. The van der Waals surface area contributed by atoms with Gasteiger partial charge in [0.15, 0.2) is 0 Å². The van der Waals surface area contributed by atoms with Crippen molar-refractivity contribution in [3.63, 3.8) is 0 Å². The fourth-order valence-corrected chi connectivity index (χ4v) is 1.08. The van der Waals surface area contributed by atoms with Crippen molar-refractivity contribution in [3.8, 4) is 0 Å². The van der Waals surface area contributed by atoms with Gasteiger partial charge < -0.3 is 9.47 Å². The molecule has 0 fully saturated rings. The average Bonchev–Trinajstić information content (AvgIpc) is 1.99. The molecule has 0 N–H and O–H groups in total. The number of hydrogen-bond acceptors (Lipinski definition) is 4. The minimum atomic E-state index is -0.599. The summed E-state index contributed by atoms with van der Waals surface area (Å²) in [6, 6.07) is 0. The van der Waals surface area contributed by atoms with Gasteiger partial charge in [-0.3, -0.25) is 9.59 Å². The molecule has 14 heavy (non-hydrogen) atoms. The summed E-state index contributed by atoms with van der Waals surface area (Å²) in [6.45, 7) is 7.04. The van der Waals surface area contributed by atoms with E-state index >= 15 is 0 Å². The first-order valence-corrected chi connectivity index (χ1v) is 4.72. The third-order valence-corrected chi connectivity index (χ3v) is 1.66. The van der Waals surface area contributed by atoms with Gasteiger partial charge in [-0.2, -0.15) is 0 Å². The molecule has 0 aliphatic rings. The second-order valence-corrected chi connectivity index (χ2v) is 3.66. The number of ether oxygens (including phenoxy) is 2. The van der Waals surface area contributed by atoms with Gasteiger partial charge in [0.1, 0.15) is 5.60 Å². The van der Waals surface area contributed by atoms with Crippen molar-refractivity contribution in [2.24, 2.45) is 0 Å². The lowest BCUT2D eigenvalue weighted by Crippen LogP contribution is -2.28. The summed E-state index contributed by atoms with van der Waals surface area (Å²) in [4.78, 5) is 21.7. The summed E-state index contributed by atoms with van der Waals surface area (Å²) in [5, 5.41) is 0. The third kappa shape index (κ3) is 6.46. The van der Waals surface area contributed by atoms with Crippen LogP contribution in [0.2, 0.25) is 0 Å². The smallest absolute Gasteiger partial charge is 0.305 e. The second-order valence-electron chi connectivity index (χ2n) is 3.66. The van der Waals surface area contributed by atoms with Crippen LogP contribution in [0.25, 0.3) is 0 Å². The highest BCUT2D eigenvalue weighted by atomic mass is 16.6. The number of esters is 2. The zero-order chi connectivity index (χ0) is 11.2. The quantitative estimate of drug-likeness (QED) is 0.636. The number of carbonyl (C=O) groups excluding carboxylic acids is 2. The van der Waals surface area contributed by atoms with Gasteiger partial charge in [0, 0.05) is 13.3 Å². The fourth-order valence-electron chi connectivity index (χ4n) is 1.08. The van der Waals surface area contributed by atoms with Crippen molar-refractivity contribution in [3.05, 3.63) is 0 Å². The van der Waals surface area contributed by atoms with E-state index in [1.165, 1.54) is 6.92 Å². The molecule has 0 aliphatic heterocycles. The zero-order valence-electron chi connectivity index (χ0n) is 9.25. The van der Waals surface area contributed by atoms with Crippen LogP contribution in [0.3, 0.4) is 0 Å². The van der Waals surface area contributed by atoms with E-state index in [1.807, 2.05) is 0 Å². The Bertz CT molecular complexity index is 208. The van der Waals surface area contributed by atoms with Gasteiger partial charge in [0.2, 0.25) is 0 Å². The maximum Gasteiger partial charge on any atom is 0.305 e. The maximum absolute atomic E-state index is 11.0. The summed E-state index contributed by atoms with van der Waals surface area (Å²) in [7, 11) is 0. The van der Waals surface area contributed by atoms with Crippen LogP contribution in [0.5, 0.6) is 0 Å². The van der Waals surface area contributed by atoms with Crippen molar-refractivity contribution >= 4 is 11.9 Å². The highest BCUT2D eigenvalue weighted by molar-refractivity contribution is 5.69. The molecule has 0 saturated carbocycles. The molecule has 0 aromatic carbocycles. The Morgan fingerprint density at radius 1 is 1.29 bits per heavy atom. The van der Waals surface area contributed by atoms with Gasteiger partial charge in [-0.05, 0) is 27.2 Å². The standard InChI is InChI=1S/C10H18O4/c1-5-13-9(12)6-7-10(3,4)14-8(2)11/h5-7H2,1-4H3. The van der Waals surface area contributed by atoms with E-state index in [4.69, 9.17) is 9.47 Å². The van der Waals surface area contributed by atoms with Crippen LogP contribution in [0.15, 0.2) is 0 Å².